The van der Waals surface area contributed by atoms with E-state index in [1.807, 2.05) is 0 Å². The molecule has 0 aromatic carbocycles. The third-order valence-electron chi connectivity index (χ3n) is 2.37. The van der Waals surface area contributed by atoms with E-state index in [9.17, 15) is 14.4 Å². The van der Waals surface area contributed by atoms with Gasteiger partial charge in [0.15, 0.2) is 0 Å². The van der Waals surface area contributed by atoms with E-state index in [1.54, 1.807) is 6.20 Å². The van der Waals surface area contributed by atoms with Crippen molar-refractivity contribution in [1.82, 2.24) is 10.6 Å². The SMILES string of the molecule is C=C1NC=C(CCCOC(=O)/C=C/C(=O)OC)C(=O)N1. The van der Waals surface area contributed by atoms with Crippen molar-refractivity contribution >= 4 is 17.8 Å². The fraction of sp³-hybridized carbons (Fsp3) is 0.308. The van der Waals surface area contributed by atoms with Crippen molar-refractivity contribution in [2.24, 2.45) is 0 Å². The molecular weight excluding hydrogens is 264 g/mol. The summed E-state index contributed by atoms with van der Waals surface area (Å²) in [6, 6.07) is 0. The minimum Gasteiger partial charge on any atom is -0.466 e. The summed E-state index contributed by atoms with van der Waals surface area (Å²) in [6.07, 6.45) is 4.49. The molecule has 0 atom stereocenters. The number of amides is 1. The molecule has 0 aromatic heterocycles. The van der Waals surface area contributed by atoms with Gasteiger partial charge in [0, 0.05) is 23.9 Å². The molecule has 0 radical (unpaired) electrons. The van der Waals surface area contributed by atoms with Crippen LogP contribution in [0, 0.1) is 0 Å². The number of ether oxygens (including phenoxy) is 2. The third kappa shape index (κ3) is 5.38. The first-order valence-electron chi connectivity index (χ1n) is 5.91. The van der Waals surface area contributed by atoms with Crippen LogP contribution in [0.25, 0.3) is 0 Å². The second-order valence-electron chi connectivity index (χ2n) is 3.87. The summed E-state index contributed by atoms with van der Waals surface area (Å²) < 4.78 is 9.18. The Bertz CT molecular complexity index is 479. The Morgan fingerprint density at radius 2 is 2.05 bits per heavy atom. The van der Waals surface area contributed by atoms with E-state index in [2.05, 4.69) is 21.9 Å². The van der Waals surface area contributed by atoms with E-state index >= 15 is 0 Å². The van der Waals surface area contributed by atoms with Crippen LogP contribution in [0.2, 0.25) is 0 Å². The summed E-state index contributed by atoms with van der Waals surface area (Å²) in [7, 11) is 1.21. The largest absolute Gasteiger partial charge is 0.466 e. The van der Waals surface area contributed by atoms with Crippen LogP contribution >= 0.6 is 0 Å². The fourth-order valence-corrected chi connectivity index (χ4v) is 1.37. The zero-order valence-corrected chi connectivity index (χ0v) is 11.1. The molecule has 1 aliphatic rings. The summed E-state index contributed by atoms with van der Waals surface area (Å²) in [5, 5.41) is 5.33. The van der Waals surface area contributed by atoms with Crippen molar-refractivity contribution in [2.45, 2.75) is 12.8 Å². The molecule has 0 unspecified atom stereocenters. The predicted octanol–water partition coefficient (Wildman–Crippen LogP) is 0.113. The maximum absolute atomic E-state index is 11.5. The maximum Gasteiger partial charge on any atom is 0.331 e. The van der Waals surface area contributed by atoms with Crippen molar-refractivity contribution in [2.75, 3.05) is 13.7 Å². The van der Waals surface area contributed by atoms with E-state index in [4.69, 9.17) is 4.74 Å². The Balaban J connectivity index is 2.24. The van der Waals surface area contributed by atoms with E-state index in [-0.39, 0.29) is 12.5 Å². The molecule has 0 saturated carbocycles. The molecule has 1 heterocycles. The molecule has 7 nitrogen and oxygen atoms in total. The van der Waals surface area contributed by atoms with Gasteiger partial charge in [-0.25, -0.2) is 9.59 Å². The van der Waals surface area contributed by atoms with E-state index in [0.29, 0.717) is 24.2 Å². The average molecular weight is 280 g/mol. The van der Waals surface area contributed by atoms with Gasteiger partial charge in [-0.1, -0.05) is 6.58 Å². The van der Waals surface area contributed by atoms with Gasteiger partial charge in [0.2, 0.25) is 0 Å². The summed E-state index contributed by atoms with van der Waals surface area (Å²) in [4.78, 5) is 33.4. The van der Waals surface area contributed by atoms with Gasteiger partial charge in [-0.3, -0.25) is 4.79 Å². The molecule has 0 bridgehead atoms. The predicted molar refractivity (Wildman–Crippen MR) is 69.9 cm³/mol. The van der Waals surface area contributed by atoms with Crippen molar-refractivity contribution in [1.29, 1.82) is 0 Å². The summed E-state index contributed by atoms with van der Waals surface area (Å²) in [5.41, 5.74) is 0.554. The van der Waals surface area contributed by atoms with E-state index in [0.717, 1.165) is 12.2 Å². The van der Waals surface area contributed by atoms with Crippen LogP contribution < -0.4 is 10.6 Å². The lowest BCUT2D eigenvalue weighted by atomic mass is 10.1. The van der Waals surface area contributed by atoms with Crippen LogP contribution in [0.5, 0.6) is 0 Å². The topological polar surface area (TPSA) is 93.7 Å². The summed E-state index contributed by atoms with van der Waals surface area (Å²) in [5.74, 6) is -1.05. The first kappa shape index (κ1) is 15.5. The first-order chi connectivity index (χ1) is 9.52. The highest BCUT2D eigenvalue weighted by molar-refractivity contribution is 5.95. The molecule has 0 saturated heterocycles. The van der Waals surface area contributed by atoms with Gasteiger partial charge in [-0.2, -0.15) is 0 Å². The molecule has 1 amide bonds. The lowest BCUT2D eigenvalue weighted by Gasteiger charge is -2.16. The molecule has 20 heavy (non-hydrogen) atoms. The Morgan fingerprint density at radius 3 is 2.70 bits per heavy atom. The Morgan fingerprint density at radius 1 is 1.35 bits per heavy atom. The highest BCUT2D eigenvalue weighted by atomic mass is 16.5. The van der Waals surface area contributed by atoms with Gasteiger partial charge in [0.1, 0.15) is 5.82 Å². The van der Waals surface area contributed by atoms with Crippen LogP contribution in [0.4, 0.5) is 0 Å². The van der Waals surface area contributed by atoms with E-state index < -0.39 is 11.9 Å². The Labute approximate surface area is 116 Å². The molecule has 7 heteroatoms. The number of rotatable bonds is 6. The fourth-order valence-electron chi connectivity index (χ4n) is 1.37. The number of hydrogen-bond donors (Lipinski definition) is 2. The van der Waals surface area contributed by atoms with Crippen LogP contribution in [0.15, 0.2) is 36.3 Å². The number of esters is 2. The normalized spacial score (nSPS) is 14.3. The quantitative estimate of drug-likeness (QED) is 0.407. The second-order valence-corrected chi connectivity index (χ2v) is 3.87. The third-order valence-corrected chi connectivity index (χ3v) is 2.37. The number of carbonyl (C=O) groups is 3. The van der Waals surface area contributed by atoms with Crippen molar-refractivity contribution in [3.05, 3.63) is 36.3 Å². The number of nitrogens with one attached hydrogen (secondary N) is 2. The second kappa shape index (κ2) is 7.78. The zero-order chi connectivity index (χ0) is 15.0. The molecular formula is C13H16N2O5. The zero-order valence-electron chi connectivity index (χ0n) is 11.1. The first-order valence-corrected chi connectivity index (χ1v) is 5.91. The minimum absolute atomic E-state index is 0.149. The van der Waals surface area contributed by atoms with Crippen LogP contribution in [-0.2, 0) is 23.9 Å². The smallest absolute Gasteiger partial charge is 0.331 e. The highest BCUT2D eigenvalue weighted by Gasteiger charge is 2.14. The Kier molecular flexibility index (Phi) is 6.02. The van der Waals surface area contributed by atoms with Crippen molar-refractivity contribution in [3.63, 3.8) is 0 Å². The van der Waals surface area contributed by atoms with Crippen LogP contribution in [-0.4, -0.2) is 31.6 Å². The van der Waals surface area contributed by atoms with Gasteiger partial charge < -0.3 is 20.1 Å². The molecule has 0 fully saturated rings. The van der Waals surface area contributed by atoms with E-state index in [1.165, 1.54) is 7.11 Å². The maximum atomic E-state index is 11.5. The van der Waals surface area contributed by atoms with Crippen LogP contribution in [0.1, 0.15) is 12.8 Å². The van der Waals surface area contributed by atoms with Crippen LogP contribution in [0.3, 0.4) is 0 Å². The summed E-state index contributed by atoms with van der Waals surface area (Å²) >= 11 is 0. The van der Waals surface area contributed by atoms with Gasteiger partial charge in [0.25, 0.3) is 5.91 Å². The average Bonchev–Trinajstić information content (AvgIpc) is 2.42. The van der Waals surface area contributed by atoms with Gasteiger partial charge in [0.05, 0.1) is 13.7 Å². The van der Waals surface area contributed by atoms with Gasteiger partial charge in [-0.15, -0.1) is 0 Å². The van der Waals surface area contributed by atoms with Crippen molar-refractivity contribution in [3.8, 4) is 0 Å². The van der Waals surface area contributed by atoms with Gasteiger partial charge >= 0.3 is 11.9 Å². The molecule has 0 aliphatic carbocycles. The van der Waals surface area contributed by atoms with Crippen molar-refractivity contribution < 1.29 is 23.9 Å². The standard InChI is InChI=1S/C13H16N2O5/c1-9-14-8-10(13(18)15-9)4-3-7-20-12(17)6-5-11(16)19-2/h5-6,8,14H,1,3-4,7H2,2H3,(H,15,18)/b6-5+. The molecule has 108 valence electrons. The minimum atomic E-state index is -0.635. The van der Waals surface area contributed by atoms with Gasteiger partial charge in [-0.05, 0) is 12.8 Å². The number of hydrogen-bond acceptors (Lipinski definition) is 6. The molecule has 1 aliphatic heterocycles. The highest BCUT2D eigenvalue weighted by Crippen LogP contribution is 2.08. The lowest BCUT2D eigenvalue weighted by molar-refractivity contribution is -0.139. The monoisotopic (exact) mass is 280 g/mol. The number of methoxy groups -OCH3 is 1. The molecule has 1 rings (SSSR count). The summed E-state index contributed by atoms with van der Waals surface area (Å²) in [6.45, 7) is 3.71. The Hall–Kier alpha value is -2.57. The molecule has 0 spiro atoms. The molecule has 2 N–H and O–H groups in total. The lowest BCUT2D eigenvalue weighted by Crippen LogP contribution is -2.35. The number of carbonyl (C=O) groups excluding carboxylic acids is 3. The molecule has 0 aromatic rings.